The normalized spacial score (nSPS) is 16.6. The van der Waals surface area contributed by atoms with E-state index in [0.717, 1.165) is 25.7 Å². The van der Waals surface area contributed by atoms with Crippen LogP contribution in [0.15, 0.2) is 18.3 Å². The minimum atomic E-state index is 0.0640. The molecule has 1 aromatic heterocycles. The molecule has 94 valence electrons. The van der Waals surface area contributed by atoms with Crippen LogP contribution in [0.5, 0.6) is 0 Å². The summed E-state index contributed by atoms with van der Waals surface area (Å²) in [5, 5.41) is 11.5. The smallest absolute Gasteiger partial charge is 0.228 e. The van der Waals surface area contributed by atoms with Gasteiger partial charge in [-0.2, -0.15) is 5.26 Å². The lowest BCUT2D eigenvalue weighted by atomic mass is 9.99. The Morgan fingerprint density at radius 3 is 2.56 bits per heavy atom. The largest absolute Gasteiger partial charge is 0.310 e. The SMILES string of the molecule is N#Cc1ccc(NC(=O)C2CCCCCC2)nc1. The Morgan fingerprint density at radius 2 is 2.00 bits per heavy atom. The summed E-state index contributed by atoms with van der Waals surface area (Å²) in [5.41, 5.74) is 0.502. The number of hydrogen-bond donors (Lipinski definition) is 1. The van der Waals surface area contributed by atoms with E-state index in [1.165, 1.54) is 19.0 Å². The van der Waals surface area contributed by atoms with Gasteiger partial charge in [-0.05, 0) is 25.0 Å². The number of carbonyl (C=O) groups is 1. The molecule has 2 rings (SSSR count). The molecule has 18 heavy (non-hydrogen) atoms. The van der Waals surface area contributed by atoms with E-state index in [1.54, 1.807) is 12.1 Å². The van der Waals surface area contributed by atoms with Crippen molar-refractivity contribution in [2.45, 2.75) is 38.5 Å². The zero-order valence-corrected chi connectivity index (χ0v) is 10.4. The van der Waals surface area contributed by atoms with Crippen LogP contribution in [-0.2, 0) is 4.79 Å². The molecule has 1 aliphatic rings. The number of carbonyl (C=O) groups excluding carboxylic acids is 1. The molecule has 0 aromatic carbocycles. The number of aromatic nitrogens is 1. The third-order valence-corrected chi connectivity index (χ3v) is 3.37. The summed E-state index contributed by atoms with van der Waals surface area (Å²) < 4.78 is 0. The molecule has 0 aliphatic heterocycles. The van der Waals surface area contributed by atoms with Crippen LogP contribution < -0.4 is 5.32 Å². The van der Waals surface area contributed by atoms with Gasteiger partial charge in [-0.1, -0.05) is 25.7 Å². The van der Waals surface area contributed by atoms with Gasteiger partial charge in [0, 0.05) is 12.1 Å². The van der Waals surface area contributed by atoms with Crippen LogP contribution in [0.4, 0.5) is 5.82 Å². The maximum absolute atomic E-state index is 12.1. The molecule has 0 radical (unpaired) electrons. The number of nitriles is 1. The van der Waals surface area contributed by atoms with E-state index in [9.17, 15) is 4.79 Å². The van der Waals surface area contributed by atoms with Crippen LogP contribution in [-0.4, -0.2) is 10.9 Å². The van der Waals surface area contributed by atoms with Crippen molar-refractivity contribution >= 4 is 11.7 Å². The van der Waals surface area contributed by atoms with E-state index in [-0.39, 0.29) is 11.8 Å². The van der Waals surface area contributed by atoms with Gasteiger partial charge in [-0.3, -0.25) is 4.79 Å². The van der Waals surface area contributed by atoms with Crippen molar-refractivity contribution in [2.24, 2.45) is 5.92 Å². The second kappa shape index (κ2) is 6.15. The monoisotopic (exact) mass is 243 g/mol. The van der Waals surface area contributed by atoms with Gasteiger partial charge in [-0.15, -0.1) is 0 Å². The fraction of sp³-hybridized carbons (Fsp3) is 0.500. The average molecular weight is 243 g/mol. The van der Waals surface area contributed by atoms with Crippen molar-refractivity contribution in [1.29, 1.82) is 5.26 Å². The van der Waals surface area contributed by atoms with Crippen LogP contribution in [0, 0.1) is 17.2 Å². The van der Waals surface area contributed by atoms with Crippen LogP contribution in [0.25, 0.3) is 0 Å². The predicted molar refractivity (Wildman–Crippen MR) is 68.8 cm³/mol. The van der Waals surface area contributed by atoms with Crippen LogP contribution in [0.2, 0.25) is 0 Å². The van der Waals surface area contributed by atoms with Crippen molar-refractivity contribution in [2.75, 3.05) is 5.32 Å². The molecule has 0 spiro atoms. The lowest BCUT2D eigenvalue weighted by molar-refractivity contribution is -0.120. The zero-order valence-electron chi connectivity index (χ0n) is 10.4. The number of nitrogens with one attached hydrogen (secondary N) is 1. The maximum Gasteiger partial charge on any atom is 0.228 e. The van der Waals surface area contributed by atoms with E-state index >= 15 is 0 Å². The molecule has 4 heteroatoms. The highest BCUT2D eigenvalue weighted by atomic mass is 16.1. The van der Waals surface area contributed by atoms with Crippen molar-refractivity contribution in [3.8, 4) is 6.07 Å². The van der Waals surface area contributed by atoms with Gasteiger partial charge < -0.3 is 5.32 Å². The topological polar surface area (TPSA) is 65.8 Å². The molecule has 4 nitrogen and oxygen atoms in total. The zero-order chi connectivity index (χ0) is 12.8. The molecule has 1 saturated carbocycles. The average Bonchev–Trinajstić information content (AvgIpc) is 2.68. The molecule has 1 fully saturated rings. The Bertz CT molecular complexity index is 439. The summed E-state index contributed by atoms with van der Waals surface area (Å²) in [6.07, 6.45) is 8.17. The fourth-order valence-corrected chi connectivity index (χ4v) is 2.30. The molecular formula is C14H17N3O. The van der Waals surface area contributed by atoms with Crippen molar-refractivity contribution in [3.05, 3.63) is 23.9 Å². The summed E-state index contributed by atoms with van der Waals surface area (Å²) in [4.78, 5) is 16.1. The molecular weight excluding hydrogens is 226 g/mol. The summed E-state index contributed by atoms with van der Waals surface area (Å²) in [5.74, 6) is 0.710. The standard InChI is InChI=1S/C14H17N3O/c15-9-11-7-8-13(16-10-11)17-14(18)12-5-3-1-2-4-6-12/h7-8,10,12H,1-6H2,(H,16,17,18). The Kier molecular flexibility index (Phi) is 4.30. The first-order valence-electron chi connectivity index (χ1n) is 6.46. The number of amides is 1. The first-order chi connectivity index (χ1) is 8.79. The maximum atomic E-state index is 12.1. The second-order valence-electron chi connectivity index (χ2n) is 4.72. The van der Waals surface area contributed by atoms with Gasteiger partial charge >= 0.3 is 0 Å². The second-order valence-corrected chi connectivity index (χ2v) is 4.72. The van der Waals surface area contributed by atoms with Crippen LogP contribution in [0.3, 0.4) is 0 Å². The highest BCUT2D eigenvalue weighted by Crippen LogP contribution is 2.23. The Hall–Kier alpha value is -1.89. The van der Waals surface area contributed by atoms with Crippen LogP contribution in [0.1, 0.15) is 44.1 Å². The molecule has 1 N–H and O–H groups in total. The van der Waals surface area contributed by atoms with E-state index in [4.69, 9.17) is 5.26 Å². The van der Waals surface area contributed by atoms with Crippen molar-refractivity contribution in [3.63, 3.8) is 0 Å². The minimum absolute atomic E-state index is 0.0640. The van der Waals surface area contributed by atoms with Crippen molar-refractivity contribution in [1.82, 2.24) is 4.98 Å². The molecule has 1 aromatic rings. The number of nitrogens with zero attached hydrogens (tertiary/aromatic N) is 2. The lowest BCUT2D eigenvalue weighted by Crippen LogP contribution is -2.22. The highest BCUT2D eigenvalue weighted by molar-refractivity contribution is 5.91. The predicted octanol–water partition coefficient (Wildman–Crippen LogP) is 2.86. The molecule has 1 amide bonds. The van der Waals surface area contributed by atoms with E-state index in [1.807, 2.05) is 6.07 Å². The lowest BCUT2D eigenvalue weighted by Gasteiger charge is -2.13. The van der Waals surface area contributed by atoms with Gasteiger partial charge in [0.15, 0.2) is 0 Å². The number of rotatable bonds is 2. The van der Waals surface area contributed by atoms with Gasteiger partial charge in [0.2, 0.25) is 5.91 Å². The molecule has 0 unspecified atom stereocenters. The Morgan fingerprint density at radius 1 is 1.28 bits per heavy atom. The summed E-state index contributed by atoms with van der Waals surface area (Å²) in [6, 6.07) is 5.34. The Labute approximate surface area is 107 Å². The van der Waals surface area contributed by atoms with E-state index in [0.29, 0.717) is 11.4 Å². The Balaban J connectivity index is 1.95. The summed E-state index contributed by atoms with van der Waals surface area (Å²) in [7, 11) is 0. The van der Waals surface area contributed by atoms with Crippen molar-refractivity contribution < 1.29 is 4.79 Å². The fourth-order valence-electron chi connectivity index (χ4n) is 2.30. The van der Waals surface area contributed by atoms with Gasteiger partial charge in [0.25, 0.3) is 0 Å². The number of hydrogen-bond acceptors (Lipinski definition) is 3. The van der Waals surface area contributed by atoms with E-state index < -0.39 is 0 Å². The molecule has 0 atom stereocenters. The van der Waals surface area contributed by atoms with Gasteiger partial charge in [-0.25, -0.2) is 4.98 Å². The summed E-state index contributed by atoms with van der Waals surface area (Å²) >= 11 is 0. The minimum Gasteiger partial charge on any atom is -0.310 e. The molecule has 0 bridgehead atoms. The van der Waals surface area contributed by atoms with Gasteiger partial charge in [0.1, 0.15) is 11.9 Å². The first kappa shape index (κ1) is 12.6. The summed E-state index contributed by atoms with van der Waals surface area (Å²) in [6.45, 7) is 0. The quantitative estimate of drug-likeness (QED) is 0.812. The molecule has 1 heterocycles. The first-order valence-corrected chi connectivity index (χ1v) is 6.46. The third kappa shape index (κ3) is 3.30. The highest BCUT2D eigenvalue weighted by Gasteiger charge is 2.20. The van der Waals surface area contributed by atoms with E-state index in [2.05, 4.69) is 10.3 Å². The van der Waals surface area contributed by atoms with Crippen LogP contribution >= 0.6 is 0 Å². The molecule has 0 saturated heterocycles. The molecule has 1 aliphatic carbocycles. The number of pyridine rings is 1. The third-order valence-electron chi connectivity index (χ3n) is 3.37. The number of anilines is 1. The van der Waals surface area contributed by atoms with Gasteiger partial charge in [0.05, 0.1) is 5.56 Å².